The van der Waals surface area contributed by atoms with Gasteiger partial charge in [0, 0.05) is 28.8 Å². The minimum absolute atomic E-state index is 0.0167. The molecular formula is C14H9NO4. The Hall–Kier alpha value is -2.82. The van der Waals surface area contributed by atoms with Gasteiger partial charge in [-0.2, -0.15) is 0 Å². The molecule has 2 aromatic rings. The number of hydrogen-bond donors (Lipinski definition) is 0. The number of carbonyl (C=O) groups excluding carboxylic acids is 2. The van der Waals surface area contributed by atoms with Crippen molar-refractivity contribution < 1.29 is 14.5 Å². The van der Waals surface area contributed by atoms with Crippen LogP contribution in [0, 0.1) is 10.1 Å². The molecule has 0 saturated carbocycles. The summed E-state index contributed by atoms with van der Waals surface area (Å²) in [6, 6.07) is 12.0. The molecule has 0 aromatic heterocycles. The van der Waals surface area contributed by atoms with Crippen molar-refractivity contribution >= 4 is 17.8 Å². The van der Waals surface area contributed by atoms with E-state index in [4.69, 9.17) is 0 Å². The number of nitro benzene ring substituents is 1. The van der Waals surface area contributed by atoms with Crippen molar-refractivity contribution in [3.05, 3.63) is 75.3 Å². The van der Waals surface area contributed by atoms with Crippen LogP contribution in [-0.2, 0) is 0 Å². The summed E-state index contributed by atoms with van der Waals surface area (Å²) < 4.78 is 0. The van der Waals surface area contributed by atoms with Gasteiger partial charge in [-0.3, -0.25) is 19.7 Å². The first-order chi connectivity index (χ1) is 9.13. The molecule has 5 heteroatoms. The molecule has 0 heterocycles. The topological polar surface area (TPSA) is 77.3 Å². The fourth-order valence-corrected chi connectivity index (χ4v) is 1.71. The molecular weight excluding hydrogens is 246 g/mol. The number of rotatable bonds is 4. The van der Waals surface area contributed by atoms with E-state index in [1.165, 1.54) is 12.1 Å². The van der Waals surface area contributed by atoms with Crippen molar-refractivity contribution in [3.63, 3.8) is 0 Å². The van der Waals surface area contributed by atoms with Crippen LogP contribution in [0.5, 0.6) is 0 Å². The first kappa shape index (κ1) is 12.6. The van der Waals surface area contributed by atoms with Crippen LogP contribution < -0.4 is 0 Å². The Balaban J connectivity index is 2.48. The third kappa shape index (κ3) is 2.55. The molecule has 0 unspecified atom stereocenters. The highest BCUT2D eigenvalue weighted by molar-refractivity contribution is 6.12. The second-order valence-corrected chi connectivity index (χ2v) is 3.84. The van der Waals surface area contributed by atoms with E-state index in [-0.39, 0.29) is 22.6 Å². The van der Waals surface area contributed by atoms with Crippen LogP contribution >= 0.6 is 0 Å². The molecule has 0 aliphatic carbocycles. The van der Waals surface area contributed by atoms with Crippen molar-refractivity contribution in [2.45, 2.75) is 0 Å². The fraction of sp³-hybridized carbons (Fsp3) is 0. The lowest BCUT2D eigenvalue weighted by molar-refractivity contribution is -0.384. The minimum Gasteiger partial charge on any atom is -0.298 e. The highest BCUT2D eigenvalue weighted by Crippen LogP contribution is 2.19. The van der Waals surface area contributed by atoms with E-state index in [0.29, 0.717) is 11.8 Å². The summed E-state index contributed by atoms with van der Waals surface area (Å²) in [4.78, 5) is 33.2. The molecule has 0 radical (unpaired) electrons. The lowest BCUT2D eigenvalue weighted by Crippen LogP contribution is -2.05. The van der Waals surface area contributed by atoms with Gasteiger partial charge in [-0.1, -0.05) is 30.3 Å². The average molecular weight is 255 g/mol. The highest BCUT2D eigenvalue weighted by atomic mass is 16.6. The van der Waals surface area contributed by atoms with Gasteiger partial charge in [0.15, 0.2) is 12.1 Å². The van der Waals surface area contributed by atoms with Crippen LogP contribution in [0.4, 0.5) is 5.69 Å². The number of hydrogen-bond acceptors (Lipinski definition) is 4. The molecule has 19 heavy (non-hydrogen) atoms. The molecule has 0 aliphatic heterocycles. The average Bonchev–Trinajstić information content (AvgIpc) is 2.46. The van der Waals surface area contributed by atoms with Gasteiger partial charge in [0.05, 0.1) is 4.92 Å². The lowest BCUT2D eigenvalue weighted by atomic mass is 9.98. The number of aldehydes is 1. The smallest absolute Gasteiger partial charge is 0.270 e. The van der Waals surface area contributed by atoms with E-state index in [1.54, 1.807) is 30.3 Å². The summed E-state index contributed by atoms with van der Waals surface area (Å²) in [5, 5.41) is 10.6. The molecule has 0 saturated heterocycles. The molecule has 0 aliphatic rings. The third-order valence-corrected chi connectivity index (χ3v) is 2.65. The predicted molar refractivity (Wildman–Crippen MR) is 68.4 cm³/mol. The zero-order valence-electron chi connectivity index (χ0n) is 9.78. The monoisotopic (exact) mass is 255 g/mol. The second kappa shape index (κ2) is 5.22. The Morgan fingerprint density at radius 3 is 2.37 bits per heavy atom. The van der Waals surface area contributed by atoms with Crippen molar-refractivity contribution in [1.29, 1.82) is 0 Å². The first-order valence-corrected chi connectivity index (χ1v) is 5.47. The van der Waals surface area contributed by atoms with E-state index in [9.17, 15) is 19.7 Å². The zero-order valence-corrected chi connectivity index (χ0v) is 9.78. The number of carbonyl (C=O) groups is 2. The Morgan fingerprint density at radius 2 is 1.79 bits per heavy atom. The van der Waals surface area contributed by atoms with Gasteiger partial charge in [0.2, 0.25) is 0 Å². The summed E-state index contributed by atoms with van der Waals surface area (Å²) in [5.74, 6) is -0.336. The number of non-ortho nitro benzene ring substituents is 1. The normalized spacial score (nSPS) is 9.89. The van der Waals surface area contributed by atoms with E-state index < -0.39 is 4.92 Å². The van der Waals surface area contributed by atoms with Crippen molar-refractivity contribution in [2.24, 2.45) is 0 Å². The maximum Gasteiger partial charge on any atom is 0.270 e. The van der Waals surface area contributed by atoms with Crippen molar-refractivity contribution in [3.8, 4) is 0 Å². The molecule has 2 rings (SSSR count). The molecule has 5 nitrogen and oxygen atoms in total. The van der Waals surface area contributed by atoms with Crippen LogP contribution in [0.2, 0.25) is 0 Å². The number of nitrogens with zero attached hydrogens (tertiary/aromatic N) is 1. The van der Waals surface area contributed by atoms with Crippen LogP contribution in [0.15, 0.2) is 48.5 Å². The molecule has 0 bridgehead atoms. The highest BCUT2D eigenvalue weighted by Gasteiger charge is 2.16. The van der Waals surface area contributed by atoms with Gasteiger partial charge in [0.25, 0.3) is 5.69 Å². The van der Waals surface area contributed by atoms with Crippen LogP contribution in [-0.4, -0.2) is 17.0 Å². The van der Waals surface area contributed by atoms with Gasteiger partial charge in [0.1, 0.15) is 0 Å². The standard InChI is InChI=1S/C14H9NO4/c16-9-11-8-12(15(18)19)6-7-13(11)14(17)10-4-2-1-3-5-10/h1-9H. The van der Waals surface area contributed by atoms with E-state index >= 15 is 0 Å². The molecule has 0 amide bonds. The van der Waals surface area contributed by atoms with E-state index in [0.717, 1.165) is 6.07 Å². The molecule has 0 spiro atoms. The number of ketones is 1. The maximum atomic E-state index is 12.2. The summed E-state index contributed by atoms with van der Waals surface area (Å²) in [5.41, 5.74) is 0.390. The van der Waals surface area contributed by atoms with Gasteiger partial charge in [-0.05, 0) is 6.07 Å². The SMILES string of the molecule is O=Cc1cc([N+](=O)[O-])ccc1C(=O)c1ccccc1. The predicted octanol–water partition coefficient (Wildman–Crippen LogP) is 2.64. The Labute approximate surface area is 108 Å². The summed E-state index contributed by atoms with van der Waals surface area (Å²) >= 11 is 0. The van der Waals surface area contributed by atoms with Crippen LogP contribution in [0.25, 0.3) is 0 Å². The van der Waals surface area contributed by atoms with Gasteiger partial charge >= 0.3 is 0 Å². The number of benzene rings is 2. The third-order valence-electron chi connectivity index (χ3n) is 2.65. The van der Waals surface area contributed by atoms with Gasteiger partial charge in [-0.15, -0.1) is 0 Å². The largest absolute Gasteiger partial charge is 0.298 e. The van der Waals surface area contributed by atoms with Crippen molar-refractivity contribution in [2.75, 3.05) is 0 Å². The summed E-state index contributed by atoms with van der Waals surface area (Å²) in [7, 11) is 0. The molecule has 0 fully saturated rings. The quantitative estimate of drug-likeness (QED) is 0.364. The Morgan fingerprint density at radius 1 is 1.11 bits per heavy atom. The van der Waals surface area contributed by atoms with Crippen LogP contribution in [0.1, 0.15) is 26.3 Å². The Bertz CT molecular complexity index is 650. The first-order valence-electron chi connectivity index (χ1n) is 5.47. The molecule has 0 atom stereocenters. The molecule has 0 N–H and O–H groups in total. The molecule has 94 valence electrons. The fourth-order valence-electron chi connectivity index (χ4n) is 1.71. The summed E-state index contributed by atoms with van der Waals surface area (Å²) in [6.45, 7) is 0. The van der Waals surface area contributed by atoms with E-state index in [1.807, 2.05) is 0 Å². The van der Waals surface area contributed by atoms with Gasteiger partial charge in [-0.25, -0.2) is 0 Å². The van der Waals surface area contributed by atoms with E-state index in [2.05, 4.69) is 0 Å². The second-order valence-electron chi connectivity index (χ2n) is 3.84. The minimum atomic E-state index is -0.607. The number of nitro groups is 1. The van der Waals surface area contributed by atoms with Crippen LogP contribution in [0.3, 0.4) is 0 Å². The van der Waals surface area contributed by atoms with Crippen molar-refractivity contribution in [1.82, 2.24) is 0 Å². The Kier molecular flexibility index (Phi) is 3.47. The molecule has 2 aromatic carbocycles. The van der Waals surface area contributed by atoms with Gasteiger partial charge < -0.3 is 0 Å². The zero-order chi connectivity index (χ0) is 13.8. The maximum absolute atomic E-state index is 12.2. The summed E-state index contributed by atoms with van der Waals surface area (Å²) in [6.07, 6.45) is 0.448. The lowest BCUT2D eigenvalue weighted by Gasteiger charge is -2.04.